The van der Waals surface area contributed by atoms with Gasteiger partial charge in [-0.2, -0.15) is 0 Å². The Bertz CT molecular complexity index is 999. The van der Waals surface area contributed by atoms with Crippen LogP contribution in [0.4, 0.5) is 10.7 Å². The van der Waals surface area contributed by atoms with E-state index >= 15 is 0 Å². The van der Waals surface area contributed by atoms with Crippen molar-refractivity contribution < 1.29 is 29.0 Å². The number of aliphatic carboxylic acids is 1. The van der Waals surface area contributed by atoms with Crippen molar-refractivity contribution in [2.24, 2.45) is 5.41 Å². The molecule has 0 saturated heterocycles. The van der Waals surface area contributed by atoms with Crippen LogP contribution in [0.5, 0.6) is 5.75 Å². The van der Waals surface area contributed by atoms with Crippen LogP contribution in [0.3, 0.4) is 0 Å². The number of anilines is 1. The van der Waals surface area contributed by atoms with Crippen LogP contribution >= 0.6 is 0 Å². The number of carbonyl (C=O) groups excluding carboxylic acids is 2. The second kappa shape index (κ2) is 11.0. The molecule has 0 bridgehead atoms. The molecule has 4 N–H and O–H groups in total. The lowest BCUT2D eigenvalue weighted by Crippen LogP contribution is -2.43. The number of fused-ring (bicyclic) bond motifs is 1. The van der Waals surface area contributed by atoms with Crippen LogP contribution in [-0.4, -0.2) is 58.2 Å². The Morgan fingerprint density at radius 3 is 2.82 bits per heavy atom. The number of carboxylic acid groups (broad SMARTS) is 1. The second-order valence-corrected chi connectivity index (χ2v) is 9.58. The number of carbonyl (C=O) groups is 3. The normalized spacial score (nSPS) is 16.2. The topological polar surface area (TPSA) is 143 Å². The van der Waals surface area contributed by atoms with Gasteiger partial charge < -0.3 is 30.2 Å². The number of carboxylic acids is 1. The molecule has 10 heteroatoms. The summed E-state index contributed by atoms with van der Waals surface area (Å²) in [6.45, 7) is 6.59. The van der Waals surface area contributed by atoms with E-state index in [4.69, 9.17) is 9.47 Å². The maximum atomic E-state index is 12.7. The molecule has 34 heavy (non-hydrogen) atoms. The maximum Gasteiger partial charge on any atom is 0.407 e. The fourth-order valence-corrected chi connectivity index (χ4v) is 3.52. The van der Waals surface area contributed by atoms with Gasteiger partial charge in [0.15, 0.2) is 11.7 Å². The first-order valence-electron chi connectivity index (χ1n) is 11.3. The van der Waals surface area contributed by atoms with Crippen molar-refractivity contribution in [3.8, 4) is 5.75 Å². The van der Waals surface area contributed by atoms with Crippen LogP contribution in [0.15, 0.2) is 30.6 Å². The average Bonchev–Trinajstić information content (AvgIpc) is 3.28. The van der Waals surface area contributed by atoms with E-state index < -0.39 is 18.1 Å². The monoisotopic (exact) mass is 472 g/mol. The molecule has 0 saturated carbocycles. The van der Waals surface area contributed by atoms with Crippen molar-refractivity contribution in [2.45, 2.75) is 58.6 Å². The predicted molar refractivity (Wildman–Crippen MR) is 125 cm³/mol. The minimum atomic E-state index is -1.18. The van der Waals surface area contributed by atoms with Gasteiger partial charge in [0.25, 0.3) is 0 Å². The summed E-state index contributed by atoms with van der Waals surface area (Å²) < 4.78 is 11.1. The molecule has 10 nitrogen and oxygen atoms in total. The van der Waals surface area contributed by atoms with Gasteiger partial charge in [-0.3, -0.25) is 4.79 Å². The highest BCUT2D eigenvalue weighted by Gasteiger charge is 2.28. The van der Waals surface area contributed by atoms with Crippen molar-refractivity contribution in [1.29, 1.82) is 0 Å². The van der Waals surface area contributed by atoms with Gasteiger partial charge in [0.1, 0.15) is 17.9 Å². The number of aromatic nitrogens is 2. The Morgan fingerprint density at radius 2 is 2.15 bits per heavy atom. The molecule has 1 aromatic carbocycles. The summed E-state index contributed by atoms with van der Waals surface area (Å²) in [4.78, 5) is 43.5. The maximum absolute atomic E-state index is 12.7. The number of aromatic amines is 1. The van der Waals surface area contributed by atoms with Gasteiger partial charge in [-0.1, -0.05) is 26.8 Å². The fourth-order valence-electron chi connectivity index (χ4n) is 3.52. The lowest BCUT2D eigenvalue weighted by Gasteiger charge is -2.26. The number of ether oxygens (including phenoxy) is 2. The molecule has 1 aromatic heterocycles. The molecule has 0 fully saturated rings. The average molecular weight is 473 g/mol. The zero-order chi connectivity index (χ0) is 24.7. The van der Waals surface area contributed by atoms with Crippen molar-refractivity contribution >= 4 is 23.8 Å². The van der Waals surface area contributed by atoms with Gasteiger partial charge in [0.2, 0.25) is 0 Å². The number of nitrogens with one attached hydrogen (secondary N) is 3. The minimum absolute atomic E-state index is 0.0163. The van der Waals surface area contributed by atoms with E-state index in [1.165, 1.54) is 0 Å². The number of Topliss-reactive ketones (excluding diaryl/α,β-unsaturated/α-hetero) is 1. The number of alkyl carbamates (subject to hydrolysis) is 1. The number of imidazole rings is 1. The minimum Gasteiger partial charge on any atom is -0.489 e. The van der Waals surface area contributed by atoms with E-state index in [-0.39, 0.29) is 36.8 Å². The molecule has 2 atom stereocenters. The molecule has 2 aromatic rings. The molecule has 3 rings (SSSR count). The van der Waals surface area contributed by atoms with Crippen molar-refractivity contribution in [3.05, 3.63) is 41.7 Å². The fraction of sp³-hybridized carbons (Fsp3) is 0.500. The van der Waals surface area contributed by atoms with Crippen LogP contribution < -0.4 is 15.4 Å². The lowest BCUT2D eigenvalue weighted by molar-refractivity contribution is -0.139. The highest BCUT2D eigenvalue weighted by molar-refractivity contribution is 6.00. The highest BCUT2D eigenvalue weighted by atomic mass is 16.5. The van der Waals surface area contributed by atoms with Crippen LogP contribution in [-0.2, 0) is 16.0 Å². The standard InChI is InChI=1S/C24H32N4O6/c1-24(2,3)14-33-23(32)28-18(21(30)31)12-15-6-7-20-17(11-15)19(29)13-16(34-20)5-4-8-25-22-26-9-10-27-22/h6-7,9-11,16,18H,4-5,8,12-14H2,1-3H3,(H,28,32)(H,30,31)(H2,25,26,27)/t16?,18-/m0/s1. The number of hydrogen-bond donors (Lipinski definition) is 4. The molecule has 0 aliphatic carbocycles. The summed E-state index contributed by atoms with van der Waals surface area (Å²) in [5.74, 6) is -0.0312. The zero-order valence-electron chi connectivity index (χ0n) is 19.7. The Labute approximate surface area is 198 Å². The SMILES string of the molecule is CC(C)(C)COC(=O)N[C@@H](Cc1ccc2c(c1)C(=O)CC(CCCNc1ncc[nH]1)O2)C(=O)O. The van der Waals surface area contributed by atoms with Crippen LogP contribution in [0.2, 0.25) is 0 Å². The van der Waals surface area contributed by atoms with Crippen LogP contribution in [0.25, 0.3) is 0 Å². The lowest BCUT2D eigenvalue weighted by atomic mass is 9.95. The van der Waals surface area contributed by atoms with Gasteiger partial charge >= 0.3 is 12.1 Å². The molecule has 0 spiro atoms. The predicted octanol–water partition coefficient (Wildman–Crippen LogP) is 3.40. The molecule has 184 valence electrons. The first-order chi connectivity index (χ1) is 16.1. The van der Waals surface area contributed by atoms with Gasteiger partial charge in [0, 0.05) is 31.8 Å². The van der Waals surface area contributed by atoms with E-state index in [1.807, 2.05) is 20.8 Å². The Balaban J connectivity index is 1.54. The van der Waals surface area contributed by atoms with E-state index in [2.05, 4.69) is 20.6 Å². The van der Waals surface area contributed by atoms with Crippen molar-refractivity contribution in [1.82, 2.24) is 15.3 Å². The summed E-state index contributed by atoms with van der Waals surface area (Å²) >= 11 is 0. The number of ketones is 1. The number of H-pyrrole nitrogens is 1. The third kappa shape index (κ3) is 7.50. The summed E-state index contributed by atoms with van der Waals surface area (Å²) in [6.07, 6.45) is 4.21. The number of benzene rings is 1. The van der Waals surface area contributed by atoms with E-state index in [9.17, 15) is 19.5 Å². The third-order valence-electron chi connectivity index (χ3n) is 5.21. The van der Waals surface area contributed by atoms with Crippen LogP contribution in [0, 0.1) is 5.41 Å². The highest BCUT2D eigenvalue weighted by Crippen LogP contribution is 2.30. The first-order valence-corrected chi connectivity index (χ1v) is 11.3. The number of nitrogens with zero attached hydrogens (tertiary/aromatic N) is 1. The van der Waals surface area contributed by atoms with E-state index in [0.717, 1.165) is 6.42 Å². The quantitative estimate of drug-likeness (QED) is 0.385. The van der Waals surface area contributed by atoms with E-state index in [0.29, 0.717) is 35.8 Å². The molecule has 1 aliphatic rings. The summed E-state index contributed by atoms with van der Waals surface area (Å²) in [5, 5.41) is 15.1. The van der Waals surface area contributed by atoms with E-state index in [1.54, 1.807) is 30.6 Å². The van der Waals surface area contributed by atoms with Gasteiger partial charge in [-0.25, -0.2) is 14.6 Å². The Hall–Kier alpha value is -3.56. The van der Waals surface area contributed by atoms with Crippen molar-refractivity contribution in [2.75, 3.05) is 18.5 Å². The Kier molecular flexibility index (Phi) is 8.14. The van der Waals surface area contributed by atoms with Gasteiger partial charge in [-0.05, 0) is 36.0 Å². The van der Waals surface area contributed by atoms with Crippen molar-refractivity contribution in [3.63, 3.8) is 0 Å². The van der Waals surface area contributed by atoms with Gasteiger partial charge in [0.05, 0.1) is 12.2 Å². The first kappa shape index (κ1) is 25.1. The number of amides is 1. The second-order valence-electron chi connectivity index (χ2n) is 9.58. The molecule has 1 aliphatic heterocycles. The number of hydrogen-bond acceptors (Lipinski definition) is 7. The summed E-state index contributed by atoms with van der Waals surface area (Å²) in [5.41, 5.74) is 0.810. The molecular formula is C24H32N4O6. The van der Waals surface area contributed by atoms with Gasteiger partial charge in [-0.15, -0.1) is 0 Å². The van der Waals surface area contributed by atoms with Crippen LogP contribution in [0.1, 0.15) is 56.0 Å². The Morgan fingerprint density at radius 1 is 1.35 bits per heavy atom. The molecule has 1 amide bonds. The smallest absolute Gasteiger partial charge is 0.407 e. The summed E-state index contributed by atoms with van der Waals surface area (Å²) in [6, 6.07) is 3.86. The largest absolute Gasteiger partial charge is 0.489 e. The zero-order valence-corrected chi connectivity index (χ0v) is 19.7. The molecule has 1 unspecified atom stereocenters. The molecule has 2 heterocycles. The third-order valence-corrected chi connectivity index (χ3v) is 5.21. The molecular weight excluding hydrogens is 440 g/mol. The number of rotatable bonds is 10. The summed E-state index contributed by atoms with van der Waals surface area (Å²) in [7, 11) is 0. The molecule has 0 radical (unpaired) electrons.